The van der Waals surface area contributed by atoms with Crippen LogP contribution in [0.3, 0.4) is 0 Å². The van der Waals surface area contributed by atoms with Gasteiger partial charge < -0.3 is 15.8 Å². The Labute approximate surface area is 153 Å². The molecule has 0 fully saturated rings. The second-order valence-electron chi connectivity index (χ2n) is 6.82. The first-order chi connectivity index (χ1) is 11.7. The molecular weight excluding hydrogens is 336 g/mol. The SMILES string of the molecule is Cc1nn(CCNC(=O)OC(C)(C)C)c(C)c1Sc1ccc(N)cc1. The number of hydrogen-bond donors (Lipinski definition) is 2. The van der Waals surface area contributed by atoms with Crippen molar-refractivity contribution in [3.8, 4) is 0 Å². The van der Waals surface area contributed by atoms with E-state index in [2.05, 4.69) is 10.4 Å². The Kier molecular flexibility index (Phi) is 6.00. The van der Waals surface area contributed by atoms with Gasteiger partial charge in [-0.1, -0.05) is 11.8 Å². The van der Waals surface area contributed by atoms with Crippen molar-refractivity contribution in [2.75, 3.05) is 12.3 Å². The molecule has 1 aromatic heterocycles. The number of alkyl carbamates (subject to hydrolysis) is 1. The summed E-state index contributed by atoms with van der Waals surface area (Å²) in [6.07, 6.45) is -0.412. The van der Waals surface area contributed by atoms with E-state index in [4.69, 9.17) is 10.5 Å². The number of amides is 1. The van der Waals surface area contributed by atoms with Crippen LogP contribution in [0, 0.1) is 13.8 Å². The monoisotopic (exact) mass is 362 g/mol. The minimum Gasteiger partial charge on any atom is -0.444 e. The number of hydrogen-bond acceptors (Lipinski definition) is 5. The molecule has 0 unspecified atom stereocenters. The van der Waals surface area contributed by atoms with Crippen LogP contribution >= 0.6 is 11.8 Å². The fourth-order valence-electron chi connectivity index (χ4n) is 2.28. The Morgan fingerprint density at radius 2 is 1.92 bits per heavy atom. The van der Waals surface area contributed by atoms with Gasteiger partial charge in [0.15, 0.2) is 0 Å². The average molecular weight is 362 g/mol. The zero-order chi connectivity index (χ0) is 18.6. The summed E-state index contributed by atoms with van der Waals surface area (Å²) in [7, 11) is 0. The predicted octanol–water partition coefficient (Wildman–Crippen LogP) is 3.76. The minimum absolute atomic E-state index is 0.412. The third-order valence-electron chi connectivity index (χ3n) is 3.41. The van der Waals surface area contributed by atoms with Gasteiger partial charge in [0, 0.05) is 22.8 Å². The average Bonchev–Trinajstić information content (AvgIpc) is 2.75. The van der Waals surface area contributed by atoms with E-state index in [1.165, 1.54) is 0 Å². The number of benzene rings is 1. The number of aryl methyl sites for hydroxylation is 1. The van der Waals surface area contributed by atoms with E-state index >= 15 is 0 Å². The summed E-state index contributed by atoms with van der Waals surface area (Å²) < 4.78 is 7.14. The second kappa shape index (κ2) is 7.82. The normalized spacial score (nSPS) is 11.4. The third kappa shape index (κ3) is 5.70. The lowest BCUT2D eigenvalue weighted by Gasteiger charge is -2.19. The van der Waals surface area contributed by atoms with Gasteiger partial charge in [0.05, 0.1) is 17.1 Å². The number of carbonyl (C=O) groups is 1. The molecular formula is C18H26N4O2S. The van der Waals surface area contributed by atoms with Gasteiger partial charge in [-0.25, -0.2) is 4.79 Å². The van der Waals surface area contributed by atoms with Crippen LogP contribution in [0.15, 0.2) is 34.1 Å². The quantitative estimate of drug-likeness (QED) is 0.792. The molecule has 0 aliphatic carbocycles. The molecule has 7 heteroatoms. The highest BCUT2D eigenvalue weighted by atomic mass is 32.2. The lowest BCUT2D eigenvalue weighted by molar-refractivity contribution is 0.0525. The van der Waals surface area contributed by atoms with Crippen molar-refractivity contribution in [2.24, 2.45) is 0 Å². The maximum Gasteiger partial charge on any atom is 0.407 e. The molecule has 6 nitrogen and oxygen atoms in total. The number of nitrogens with one attached hydrogen (secondary N) is 1. The van der Waals surface area contributed by atoms with Gasteiger partial charge in [-0.2, -0.15) is 5.10 Å². The Bertz CT molecular complexity index is 733. The molecule has 0 aliphatic rings. The molecule has 1 heterocycles. The topological polar surface area (TPSA) is 82.2 Å². The zero-order valence-corrected chi connectivity index (χ0v) is 16.2. The Morgan fingerprint density at radius 3 is 2.52 bits per heavy atom. The fourth-order valence-corrected chi connectivity index (χ4v) is 3.23. The van der Waals surface area contributed by atoms with Crippen LogP contribution in [0.2, 0.25) is 0 Å². The summed E-state index contributed by atoms with van der Waals surface area (Å²) in [5.74, 6) is 0. The summed E-state index contributed by atoms with van der Waals surface area (Å²) >= 11 is 1.67. The smallest absolute Gasteiger partial charge is 0.407 e. The first kappa shape index (κ1) is 19.2. The number of nitrogens with zero attached hydrogens (tertiary/aromatic N) is 2. The Balaban J connectivity index is 1.97. The summed E-state index contributed by atoms with van der Waals surface area (Å²) in [5, 5.41) is 7.33. The molecule has 136 valence electrons. The van der Waals surface area contributed by atoms with Crippen molar-refractivity contribution in [1.82, 2.24) is 15.1 Å². The second-order valence-corrected chi connectivity index (χ2v) is 7.91. The first-order valence-corrected chi connectivity index (χ1v) is 9.01. The van der Waals surface area contributed by atoms with Crippen LogP contribution in [0.25, 0.3) is 0 Å². The number of ether oxygens (including phenoxy) is 1. The van der Waals surface area contributed by atoms with E-state index in [1.54, 1.807) is 11.8 Å². The van der Waals surface area contributed by atoms with Crippen molar-refractivity contribution >= 4 is 23.5 Å². The molecule has 25 heavy (non-hydrogen) atoms. The van der Waals surface area contributed by atoms with E-state index in [1.807, 2.05) is 63.6 Å². The van der Waals surface area contributed by atoms with Gasteiger partial charge >= 0.3 is 6.09 Å². The largest absolute Gasteiger partial charge is 0.444 e. The Morgan fingerprint density at radius 1 is 1.28 bits per heavy atom. The molecule has 0 spiro atoms. The third-order valence-corrected chi connectivity index (χ3v) is 4.71. The van der Waals surface area contributed by atoms with Gasteiger partial charge in [-0.3, -0.25) is 4.68 Å². The van der Waals surface area contributed by atoms with Crippen molar-refractivity contribution in [1.29, 1.82) is 0 Å². The lowest BCUT2D eigenvalue weighted by Crippen LogP contribution is -2.34. The zero-order valence-electron chi connectivity index (χ0n) is 15.4. The van der Waals surface area contributed by atoms with Gasteiger partial charge in [0.25, 0.3) is 0 Å². The highest BCUT2D eigenvalue weighted by Gasteiger charge is 2.16. The van der Waals surface area contributed by atoms with Crippen LogP contribution in [0.5, 0.6) is 0 Å². The number of carbonyl (C=O) groups excluding carboxylic acids is 1. The maximum atomic E-state index is 11.7. The number of aromatic nitrogens is 2. The molecule has 0 atom stereocenters. The van der Waals surface area contributed by atoms with E-state index in [0.717, 1.165) is 26.9 Å². The maximum absolute atomic E-state index is 11.7. The standard InChI is InChI=1S/C18H26N4O2S/c1-12-16(25-15-8-6-14(19)7-9-15)13(2)22(21-12)11-10-20-17(23)24-18(3,4)5/h6-9H,10-11,19H2,1-5H3,(H,20,23). The highest BCUT2D eigenvalue weighted by Crippen LogP contribution is 2.33. The predicted molar refractivity (Wildman–Crippen MR) is 101 cm³/mol. The lowest BCUT2D eigenvalue weighted by atomic mass is 10.2. The van der Waals surface area contributed by atoms with Crippen LogP contribution in [-0.2, 0) is 11.3 Å². The van der Waals surface area contributed by atoms with Gasteiger partial charge in [-0.05, 0) is 58.9 Å². The number of rotatable bonds is 5. The minimum atomic E-state index is -0.495. The molecule has 0 radical (unpaired) electrons. The summed E-state index contributed by atoms with van der Waals surface area (Å²) in [6.45, 7) is 10.6. The van der Waals surface area contributed by atoms with Gasteiger partial charge in [0.1, 0.15) is 5.60 Å². The van der Waals surface area contributed by atoms with Crippen LogP contribution in [-0.4, -0.2) is 28.0 Å². The number of nitrogens with two attached hydrogens (primary N) is 1. The van der Waals surface area contributed by atoms with Crippen molar-refractivity contribution < 1.29 is 9.53 Å². The first-order valence-electron chi connectivity index (χ1n) is 8.20. The highest BCUT2D eigenvalue weighted by molar-refractivity contribution is 7.99. The van der Waals surface area contributed by atoms with E-state index in [9.17, 15) is 4.79 Å². The summed E-state index contributed by atoms with van der Waals surface area (Å²) in [5.41, 5.74) is 8.03. The molecule has 0 saturated carbocycles. The van der Waals surface area contributed by atoms with E-state index in [-0.39, 0.29) is 0 Å². The van der Waals surface area contributed by atoms with Crippen LogP contribution in [0.1, 0.15) is 32.2 Å². The van der Waals surface area contributed by atoms with E-state index < -0.39 is 11.7 Å². The molecule has 0 bridgehead atoms. The molecule has 3 N–H and O–H groups in total. The van der Waals surface area contributed by atoms with Crippen molar-refractivity contribution in [2.45, 2.75) is 56.6 Å². The van der Waals surface area contributed by atoms with Gasteiger partial charge in [-0.15, -0.1) is 0 Å². The molecule has 0 aliphatic heterocycles. The number of nitrogen functional groups attached to an aromatic ring is 1. The molecule has 0 saturated heterocycles. The summed E-state index contributed by atoms with van der Waals surface area (Å²) in [4.78, 5) is 13.9. The van der Waals surface area contributed by atoms with Crippen molar-refractivity contribution in [3.63, 3.8) is 0 Å². The van der Waals surface area contributed by atoms with Gasteiger partial charge in [0.2, 0.25) is 0 Å². The van der Waals surface area contributed by atoms with Crippen LogP contribution in [0.4, 0.5) is 10.5 Å². The fraction of sp³-hybridized carbons (Fsp3) is 0.444. The molecule has 1 amide bonds. The molecule has 1 aromatic carbocycles. The summed E-state index contributed by atoms with van der Waals surface area (Å²) in [6, 6.07) is 7.78. The van der Waals surface area contributed by atoms with E-state index in [0.29, 0.717) is 13.1 Å². The Hall–Kier alpha value is -2.15. The number of anilines is 1. The van der Waals surface area contributed by atoms with Crippen LogP contribution < -0.4 is 11.1 Å². The molecule has 2 aromatic rings. The van der Waals surface area contributed by atoms with Crippen molar-refractivity contribution in [3.05, 3.63) is 35.7 Å². The molecule has 2 rings (SSSR count).